The first kappa shape index (κ1) is 22.2. The van der Waals surface area contributed by atoms with E-state index in [0.717, 1.165) is 0 Å². The number of carbonyl (C=O) groups is 2. The van der Waals surface area contributed by atoms with Crippen LogP contribution >= 0.6 is 11.6 Å². The molecule has 33 heavy (non-hydrogen) atoms. The summed E-state index contributed by atoms with van der Waals surface area (Å²) in [5.41, 5.74) is 1.23. The number of allylic oxidation sites excluding steroid dienone is 1. The second kappa shape index (κ2) is 9.26. The summed E-state index contributed by atoms with van der Waals surface area (Å²) >= 11 is 5.93. The number of esters is 1. The van der Waals surface area contributed by atoms with E-state index in [9.17, 15) is 9.59 Å². The number of fused-ring (bicyclic) bond motifs is 1. The fraction of sp³-hybridized carbons (Fsp3) is 0.120. The van der Waals surface area contributed by atoms with Crippen molar-refractivity contribution < 1.29 is 33.3 Å². The number of Topliss-reactive ketones (excluding diaryl/α,β-unsaturated/α-hetero) is 1. The third kappa shape index (κ3) is 4.36. The summed E-state index contributed by atoms with van der Waals surface area (Å²) in [6, 6.07) is 14.4. The molecule has 0 radical (unpaired) electrons. The van der Waals surface area contributed by atoms with Crippen LogP contribution in [-0.4, -0.2) is 33.1 Å². The first-order valence-corrected chi connectivity index (χ1v) is 10.2. The fourth-order valence-corrected chi connectivity index (χ4v) is 3.58. The molecule has 4 rings (SSSR count). The minimum Gasteiger partial charge on any atom is -0.493 e. The lowest BCUT2D eigenvalue weighted by atomic mass is 10.1. The zero-order chi connectivity index (χ0) is 23.5. The molecule has 0 saturated carbocycles. The van der Waals surface area contributed by atoms with Crippen LogP contribution < -0.4 is 23.7 Å². The standard InChI is InChI=1S/C25H19ClO7/c1-29-19-10-7-14(23(30-2)24(19)31-3)12-21-22(27)18-9-8-17(13-20(18)33-21)32-25(28)15-5-4-6-16(26)11-15/h4-13H,1-3H3/b21-12-. The molecule has 3 aromatic rings. The van der Waals surface area contributed by atoms with Gasteiger partial charge in [-0.05, 0) is 48.5 Å². The monoisotopic (exact) mass is 466 g/mol. The van der Waals surface area contributed by atoms with Crippen molar-refractivity contribution in [3.63, 3.8) is 0 Å². The van der Waals surface area contributed by atoms with Gasteiger partial charge in [0.25, 0.3) is 0 Å². The molecule has 7 nitrogen and oxygen atoms in total. The molecule has 0 fully saturated rings. The van der Waals surface area contributed by atoms with E-state index in [2.05, 4.69) is 0 Å². The number of benzene rings is 3. The highest BCUT2D eigenvalue weighted by Gasteiger charge is 2.29. The number of hydrogen-bond donors (Lipinski definition) is 0. The van der Waals surface area contributed by atoms with E-state index >= 15 is 0 Å². The third-order valence-corrected chi connectivity index (χ3v) is 5.17. The molecule has 0 atom stereocenters. The van der Waals surface area contributed by atoms with Crippen LogP contribution in [0.5, 0.6) is 28.7 Å². The van der Waals surface area contributed by atoms with Gasteiger partial charge in [-0.25, -0.2) is 4.79 Å². The molecular formula is C25H19ClO7. The maximum Gasteiger partial charge on any atom is 0.343 e. The van der Waals surface area contributed by atoms with Crippen molar-refractivity contribution in [1.29, 1.82) is 0 Å². The van der Waals surface area contributed by atoms with Crippen molar-refractivity contribution in [2.24, 2.45) is 0 Å². The van der Waals surface area contributed by atoms with Gasteiger partial charge in [-0.15, -0.1) is 0 Å². The Kier molecular flexibility index (Phi) is 6.24. The molecule has 0 N–H and O–H groups in total. The van der Waals surface area contributed by atoms with Gasteiger partial charge in [0, 0.05) is 16.7 Å². The quantitative estimate of drug-likeness (QED) is 0.280. The van der Waals surface area contributed by atoms with Crippen molar-refractivity contribution in [1.82, 2.24) is 0 Å². The highest BCUT2D eigenvalue weighted by Crippen LogP contribution is 2.42. The summed E-state index contributed by atoms with van der Waals surface area (Å²) < 4.78 is 27.3. The lowest BCUT2D eigenvalue weighted by Gasteiger charge is -2.14. The third-order valence-electron chi connectivity index (χ3n) is 4.93. The Labute approximate surface area is 195 Å². The second-order valence-electron chi connectivity index (χ2n) is 6.92. The van der Waals surface area contributed by atoms with Crippen LogP contribution in [0.2, 0.25) is 5.02 Å². The largest absolute Gasteiger partial charge is 0.493 e. The van der Waals surface area contributed by atoms with E-state index in [1.54, 1.807) is 42.5 Å². The molecule has 0 spiro atoms. The fourth-order valence-electron chi connectivity index (χ4n) is 3.39. The predicted octanol–water partition coefficient (Wildman–Crippen LogP) is 5.20. The molecule has 0 aromatic heterocycles. The Bertz CT molecular complexity index is 1280. The van der Waals surface area contributed by atoms with Gasteiger partial charge >= 0.3 is 5.97 Å². The van der Waals surface area contributed by atoms with Gasteiger partial charge in [0.15, 0.2) is 17.3 Å². The van der Waals surface area contributed by atoms with Gasteiger partial charge in [-0.1, -0.05) is 17.7 Å². The number of methoxy groups -OCH3 is 3. The Hall–Kier alpha value is -3.97. The summed E-state index contributed by atoms with van der Waals surface area (Å²) in [4.78, 5) is 25.2. The average molecular weight is 467 g/mol. The molecule has 0 unspecified atom stereocenters. The molecule has 168 valence electrons. The summed E-state index contributed by atoms with van der Waals surface area (Å²) in [7, 11) is 4.51. The SMILES string of the molecule is COc1ccc(/C=C2\Oc3cc(OC(=O)c4cccc(Cl)c4)ccc3C2=O)c(OC)c1OC. The average Bonchev–Trinajstić information content (AvgIpc) is 3.12. The molecular weight excluding hydrogens is 448 g/mol. The Morgan fingerprint density at radius 3 is 2.42 bits per heavy atom. The van der Waals surface area contributed by atoms with E-state index in [1.165, 1.54) is 39.5 Å². The van der Waals surface area contributed by atoms with Crippen LogP contribution in [0.1, 0.15) is 26.3 Å². The zero-order valence-electron chi connectivity index (χ0n) is 18.0. The minimum absolute atomic E-state index is 0.0915. The van der Waals surface area contributed by atoms with Gasteiger partial charge in [0.1, 0.15) is 11.5 Å². The molecule has 0 amide bonds. The molecule has 0 aliphatic carbocycles. The number of ketones is 1. The van der Waals surface area contributed by atoms with Gasteiger partial charge in [-0.2, -0.15) is 0 Å². The maximum absolute atomic E-state index is 12.9. The van der Waals surface area contributed by atoms with Gasteiger partial charge in [0.2, 0.25) is 11.5 Å². The van der Waals surface area contributed by atoms with Crippen molar-refractivity contribution in [3.05, 3.63) is 82.1 Å². The highest BCUT2D eigenvalue weighted by molar-refractivity contribution is 6.30. The van der Waals surface area contributed by atoms with Crippen LogP contribution in [0.3, 0.4) is 0 Å². The Morgan fingerprint density at radius 1 is 0.939 bits per heavy atom. The van der Waals surface area contributed by atoms with E-state index in [4.69, 9.17) is 35.3 Å². The zero-order valence-corrected chi connectivity index (χ0v) is 18.8. The number of ether oxygens (including phenoxy) is 5. The van der Waals surface area contributed by atoms with Crippen LogP contribution in [0, 0.1) is 0 Å². The lowest BCUT2D eigenvalue weighted by molar-refractivity contribution is 0.0734. The first-order chi connectivity index (χ1) is 15.9. The van der Waals surface area contributed by atoms with E-state index < -0.39 is 5.97 Å². The molecule has 1 aliphatic rings. The van der Waals surface area contributed by atoms with Crippen molar-refractivity contribution in [2.75, 3.05) is 21.3 Å². The summed E-state index contributed by atoms with van der Waals surface area (Å²) in [5.74, 6) is 1.000. The number of hydrogen-bond acceptors (Lipinski definition) is 7. The van der Waals surface area contributed by atoms with E-state index in [0.29, 0.717) is 39.0 Å². The molecule has 0 bridgehead atoms. The number of carbonyl (C=O) groups excluding carboxylic acids is 2. The molecule has 3 aromatic carbocycles. The highest BCUT2D eigenvalue weighted by atomic mass is 35.5. The summed E-state index contributed by atoms with van der Waals surface area (Å²) in [5, 5.41) is 0.424. The summed E-state index contributed by atoms with van der Waals surface area (Å²) in [6.07, 6.45) is 1.56. The van der Waals surface area contributed by atoms with Gasteiger partial charge < -0.3 is 23.7 Å². The molecule has 1 heterocycles. The predicted molar refractivity (Wildman–Crippen MR) is 122 cm³/mol. The van der Waals surface area contributed by atoms with Crippen LogP contribution in [-0.2, 0) is 0 Å². The normalized spacial score (nSPS) is 13.3. The maximum atomic E-state index is 12.9. The van der Waals surface area contributed by atoms with Crippen LogP contribution in [0.4, 0.5) is 0 Å². The smallest absolute Gasteiger partial charge is 0.343 e. The van der Waals surface area contributed by atoms with Crippen molar-refractivity contribution in [2.45, 2.75) is 0 Å². The number of halogens is 1. The van der Waals surface area contributed by atoms with Crippen LogP contribution in [0.25, 0.3) is 6.08 Å². The minimum atomic E-state index is -0.576. The van der Waals surface area contributed by atoms with Gasteiger partial charge in [0.05, 0.1) is 32.5 Å². The Balaban J connectivity index is 1.61. The summed E-state index contributed by atoms with van der Waals surface area (Å²) in [6.45, 7) is 0. The molecule has 0 saturated heterocycles. The van der Waals surface area contributed by atoms with E-state index in [1.807, 2.05) is 0 Å². The van der Waals surface area contributed by atoms with Crippen molar-refractivity contribution >= 4 is 29.4 Å². The lowest BCUT2D eigenvalue weighted by Crippen LogP contribution is -2.08. The number of rotatable bonds is 6. The van der Waals surface area contributed by atoms with Gasteiger partial charge in [-0.3, -0.25) is 4.79 Å². The van der Waals surface area contributed by atoms with E-state index in [-0.39, 0.29) is 23.0 Å². The first-order valence-electron chi connectivity index (χ1n) is 9.80. The second-order valence-corrected chi connectivity index (χ2v) is 7.36. The van der Waals surface area contributed by atoms with Crippen LogP contribution in [0.15, 0.2) is 60.4 Å². The van der Waals surface area contributed by atoms with Crippen molar-refractivity contribution in [3.8, 4) is 28.7 Å². The Morgan fingerprint density at radius 2 is 1.73 bits per heavy atom. The topological polar surface area (TPSA) is 80.3 Å². The molecule has 8 heteroatoms. The molecule has 1 aliphatic heterocycles.